The molecule has 0 saturated heterocycles. The zero-order chi connectivity index (χ0) is 11.7. The van der Waals surface area contributed by atoms with E-state index in [0.717, 1.165) is 0 Å². The van der Waals surface area contributed by atoms with Crippen LogP contribution in [0.5, 0.6) is 11.8 Å². The lowest BCUT2D eigenvalue weighted by molar-refractivity contribution is 0.327. The minimum absolute atomic E-state index is 0.0482. The van der Waals surface area contributed by atoms with Crippen molar-refractivity contribution in [1.29, 1.82) is 0 Å². The van der Waals surface area contributed by atoms with Gasteiger partial charge in [0.2, 0.25) is 0 Å². The third kappa shape index (κ3) is 1.80. The zero-order valence-corrected chi connectivity index (χ0v) is 8.50. The molecule has 2 heterocycles. The smallest absolute Gasteiger partial charge is 0.401 e. The molecule has 5 nitrogen and oxygen atoms in total. The van der Waals surface area contributed by atoms with Gasteiger partial charge in [-0.05, 0) is 12.1 Å². The molecular weight excluding hydrogens is 225 g/mol. The number of para-hydroxylation sites is 1. The average Bonchev–Trinajstić information content (AvgIpc) is 2.74. The summed E-state index contributed by atoms with van der Waals surface area (Å²) < 4.78 is 23.7. The lowest BCUT2D eigenvalue weighted by atomic mass is 10.3. The van der Waals surface area contributed by atoms with Crippen LogP contribution in [0.25, 0.3) is 11.2 Å². The molecule has 2 aromatic heterocycles. The summed E-state index contributed by atoms with van der Waals surface area (Å²) in [5, 5.41) is 0. The summed E-state index contributed by atoms with van der Waals surface area (Å²) in [6.07, 6.45) is 2.76. The Morgan fingerprint density at radius 1 is 1.24 bits per heavy atom. The number of hydrogen-bond acceptors (Lipinski definition) is 5. The Kier molecular flexibility index (Phi) is 2.18. The monoisotopic (exact) mass is 231 g/mol. The van der Waals surface area contributed by atoms with Crippen LogP contribution in [-0.2, 0) is 0 Å². The Hall–Kier alpha value is -2.50. The molecule has 0 aliphatic heterocycles. The van der Waals surface area contributed by atoms with Crippen LogP contribution >= 0.6 is 0 Å². The van der Waals surface area contributed by atoms with Crippen LogP contribution in [0.4, 0.5) is 4.39 Å². The van der Waals surface area contributed by atoms with Crippen LogP contribution in [-0.4, -0.2) is 15.0 Å². The minimum Gasteiger partial charge on any atom is -0.408 e. The number of halogens is 1. The Balaban J connectivity index is 1.98. The van der Waals surface area contributed by atoms with E-state index in [0.29, 0.717) is 11.2 Å². The molecule has 6 heteroatoms. The second kappa shape index (κ2) is 3.82. The number of ether oxygens (including phenoxy) is 1. The van der Waals surface area contributed by atoms with Gasteiger partial charge in [-0.1, -0.05) is 12.1 Å². The van der Waals surface area contributed by atoms with Crippen molar-refractivity contribution >= 4 is 11.2 Å². The maximum atomic E-state index is 13.3. The largest absolute Gasteiger partial charge is 0.408 e. The van der Waals surface area contributed by atoms with Gasteiger partial charge in [-0.25, -0.2) is 9.37 Å². The van der Waals surface area contributed by atoms with E-state index in [1.807, 2.05) is 0 Å². The van der Waals surface area contributed by atoms with Crippen molar-refractivity contribution in [2.75, 3.05) is 0 Å². The minimum atomic E-state index is -0.485. The third-order valence-electron chi connectivity index (χ3n) is 2.09. The van der Waals surface area contributed by atoms with Crippen molar-refractivity contribution in [1.82, 2.24) is 15.0 Å². The fourth-order valence-corrected chi connectivity index (χ4v) is 1.34. The number of oxazole rings is 1. The zero-order valence-electron chi connectivity index (χ0n) is 8.50. The van der Waals surface area contributed by atoms with Crippen molar-refractivity contribution < 1.29 is 13.5 Å². The molecule has 0 fully saturated rings. The van der Waals surface area contributed by atoms with Crippen LogP contribution in [0.3, 0.4) is 0 Å². The highest BCUT2D eigenvalue weighted by atomic mass is 19.1. The Morgan fingerprint density at radius 2 is 2.12 bits per heavy atom. The normalized spacial score (nSPS) is 10.6. The topological polar surface area (TPSA) is 61.0 Å². The van der Waals surface area contributed by atoms with E-state index < -0.39 is 5.82 Å². The van der Waals surface area contributed by atoms with Crippen molar-refractivity contribution in [3.05, 3.63) is 42.6 Å². The van der Waals surface area contributed by atoms with Crippen LogP contribution in [0.1, 0.15) is 0 Å². The maximum Gasteiger partial charge on any atom is 0.401 e. The fourth-order valence-electron chi connectivity index (χ4n) is 1.34. The molecule has 1 aromatic carbocycles. The summed E-state index contributed by atoms with van der Waals surface area (Å²) in [5.41, 5.74) is 0.755. The molecule has 0 radical (unpaired) electrons. The molecule has 0 amide bonds. The summed E-state index contributed by atoms with van der Waals surface area (Å²) in [7, 11) is 0. The second-order valence-corrected chi connectivity index (χ2v) is 3.23. The molecule has 0 atom stereocenters. The van der Waals surface area contributed by atoms with E-state index >= 15 is 0 Å². The van der Waals surface area contributed by atoms with Gasteiger partial charge < -0.3 is 9.15 Å². The predicted molar refractivity (Wildman–Crippen MR) is 56.1 cm³/mol. The van der Waals surface area contributed by atoms with Crippen molar-refractivity contribution in [3.8, 4) is 11.8 Å². The second-order valence-electron chi connectivity index (χ2n) is 3.23. The molecule has 84 valence electrons. The molecule has 0 spiro atoms. The van der Waals surface area contributed by atoms with E-state index in [4.69, 9.17) is 9.15 Å². The highest BCUT2D eigenvalue weighted by Crippen LogP contribution is 2.25. The summed E-state index contributed by atoms with van der Waals surface area (Å²) in [6.45, 7) is 0. The Labute approximate surface area is 94.9 Å². The van der Waals surface area contributed by atoms with E-state index in [9.17, 15) is 4.39 Å². The van der Waals surface area contributed by atoms with Gasteiger partial charge in [-0.2, -0.15) is 9.97 Å². The Morgan fingerprint density at radius 3 is 2.94 bits per heavy atom. The number of fused-ring (bicyclic) bond motifs is 1. The van der Waals surface area contributed by atoms with Crippen molar-refractivity contribution in [3.63, 3.8) is 0 Å². The van der Waals surface area contributed by atoms with Gasteiger partial charge in [0.25, 0.3) is 5.71 Å². The van der Waals surface area contributed by atoms with E-state index in [2.05, 4.69) is 15.0 Å². The first-order valence-corrected chi connectivity index (χ1v) is 4.82. The van der Waals surface area contributed by atoms with Crippen molar-refractivity contribution in [2.45, 2.75) is 0 Å². The van der Waals surface area contributed by atoms with Gasteiger partial charge in [0.05, 0.1) is 6.20 Å². The van der Waals surface area contributed by atoms with Gasteiger partial charge >= 0.3 is 6.08 Å². The van der Waals surface area contributed by atoms with Gasteiger partial charge in [0, 0.05) is 0 Å². The summed E-state index contributed by atoms with van der Waals surface area (Å²) >= 11 is 0. The van der Waals surface area contributed by atoms with E-state index in [1.54, 1.807) is 12.1 Å². The molecule has 0 aliphatic carbocycles. The fraction of sp³-hybridized carbons (Fsp3) is 0. The Bertz CT molecular complexity index is 635. The number of hydrogen-bond donors (Lipinski definition) is 0. The van der Waals surface area contributed by atoms with Gasteiger partial charge in [0.1, 0.15) is 6.33 Å². The number of nitrogens with zero attached hydrogens (tertiary/aromatic N) is 3. The molecule has 3 aromatic rings. The first kappa shape index (κ1) is 9.71. The van der Waals surface area contributed by atoms with E-state index in [-0.39, 0.29) is 11.8 Å². The quantitative estimate of drug-likeness (QED) is 0.678. The van der Waals surface area contributed by atoms with Crippen LogP contribution in [0.2, 0.25) is 0 Å². The lowest BCUT2D eigenvalue weighted by Crippen LogP contribution is -1.87. The molecule has 0 aliphatic rings. The van der Waals surface area contributed by atoms with E-state index in [1.165, 1.54) is 24.7 Å². The highest BCUT2D eigenvalue weighted by molar-refractivity contribution is 5.66. The van der Waals surface area contributed by atoms with Crippen LogP contribution < -0.4 is 4.74 Å². The predicted octanol–water partition coefficient (Wildman–Crippen LogP) is 2.55. The number of aromatic nitrogens is 3. The van der Waals surface area contributed by atoms with Gasteiger partial charge in [-0.15, -0.1) is 0 Å². The molecule has 17 heavy (non-hydrogen) atoms. The highest BCUT2D eigenvalue weighted by Gasteiger charge is 2.10. The summed E-state index contributed by atoms with van der Waals surface area (Å²) in [5.74, 6) is -0.437. The maximum absolute atomic E-state index is 13.3. The van der Waals surface area contributed by atoms with Crippen LogP contribution in [0.15, 0.2) is 41.2 Å². The average molecular weight is 231 g/mol. The third-order valence-corrected chi connectivity index (χ3v) is 2.09. The molecule has 0 saturated carbocycles. The number of benzene rings is 1. The molecule has 0 N–H and O–H groups in total. The number of rotatable bonds is 2. The van der Waals surface area contributed by atoms with Crippen LogP contribution in [0, 0.1) is 5.82 Å². The molecule has 3 rings (SSSR count). The summed E-state index contributed by atoms with van der Waals surface area (Å²) in [6, 6.07) is 5.99. The molecular formula is C11H6FN3O2. The summed E-state index contributed by atoms with van der Waals surface area (Å²) in [4.78, 5) is 11.6. The SMILES string of the molecule is Fc1ccccc1Oc1nc2cncnc2o1. The van der Waals surface area contributed by atoms with Crippen molar-refractivity contribution in [2.24, 2.45) is 0 Å². The van der Waals surface area contributed by atoms with Gasteiger partial charge in [0.15, 0.2) is 17.1 Å². The standard InChI is InChI=1S/C11H6FN3O2/c12-7-3-1-2-4-9(7)16-11-15-8-5-13-6-14-10(8)17-11/h1-6H. The van der Waals surface area contributed by atoms with Gasteiger partial charge in [-0.3, -0.25) is 0 Å². The first-order valence-electron chi connectivity index (χ1n) is 4.82. The molecule has 0 bridgehead atoms. The molecule has 0 unspecified atom stereocenters. The lowest BCUT2D eigenvalue weighted by Gasteiger charge is -2.00. The first-order chi connectivity index (χ1) is 8.33.